The van der Waals surface area contributed by atoms with Gasteiger partial charge in [-0.2, -0.15) is 10.5 Å². The minimum absolute atomic E-state index is 0.00483. The number of carbonyl (C=O) groups is 3. The first kappa shape index (κ1) is 51.9. The van der Waals surface area contributed by atoms with Crippen LogP contribution in [0.1, 0.15) is 63.9 Å². The molecule has 0 fully saturated rings. The number of hydrogen-bond acceptors (Lipinski definition) is 13. The van der Waals surface area contributed by atoms with Gasteiger partial charge in [0.15, 0.2) is 7.91 Å². The van der Waals surface area contributed by atoms with Crippen LogP contribution >= 0.6 is 47.1 Å². The Morgan fingerprint density at radius 1 is 0.708 bits per heavy atom. The zero-order chi connectivity index (χ0) is 48.1. The van der Waals surface area contributed by atoms with E-state index in [2.05, 4.69) is 19.4 Å². The van der Waals surface area contributed by atoms with Gasteiger partial charge >= 0.3 is 0 Å². The minimum atomic E-state index is -3.57. The van der Waals surface area contributed by atoms with Crippen molar-refractivity contribution in [2.45, 2.75) is 69.8 Å². The van der Waals surface area contributed by atoms with E-state index >= 15 is 0 Å². The second-order valence-corrected chi connectivity index (χ2v) is 21.3. The fourth-order valence-corrected chi connectivity index (χ4v) is 10.5. The Bertz CT molecular complexity index is 3120. The molecule has 0 aliphatic heterocycles. The number of aldehydes is 1. The maximum Gasteiger partial charge on any atom is 0.269 e. The summed E-state index contributed by atoms with van der Waals surface area (Å²) in [7, 11) is -6.98. The van der Waals surface area contributed by atoms with E-state index in [1.165, 1.54) is 65.1 Å². The number of benzene rings is 4. The van der Waals surface area contributed by atoms with Crippen molar-refractivity contribution < 1.29 is 31.2 Å². The number of carbonyl (C=O) groups excluding carboxylic acids is 3. The van der Waals surface area contributed by atoms with Gasteiger partial charge in [-0.1, -0.05) is 38.1 Å². The van der Waals surface area contributed by atoms with Crippen molar-refractivity contribution in [3.05, 3.63) is 110 Å². The molecule has 0 saturated carbocycles. The highest BCUT2D eigenvalue weighted by Crippen LogP contribution is 2.29. The summed E-state index contributed by atoms with van der Waals surface area (Å²) in [6.45, 7) is 11.6. The topological polar surface area (TPSA) is 229 Å². The van der Waals surface area contributed by atoms with Crippen LogP contribution in [-0.2, 0) is 29.6 Å². The summed E-state index contributed by atoms with van der Waals surface area (Å²) in [4.78, 5) is 45.3. The molecule has 65 heavy (non-hydrogen) atoms. The highest BCUT2D eigenvalue weighted by atomic mass is 32.2. The molecule has 6 aromatic rings. The highest BCUT2D eigenvalue weighted by molar-refractivity contribution is 7.89. The smallest absolute Gasteiger partial charge is 0.269 e. The average Bonchev–Trinajstić information content (AvgIpc) is 3.83. The first-order chi connectivity index (χ1) is 30.8. The Morgan fingerprint density at radius 2 is 1.14 bits per heavy atom. The Morgan fingerprint density at radius 3 is 1.52 bits per heavy atom. The number of amides is 2. The van der Waals surface area contributed by atoms with Crippen LogP contribution in [0, 0.1) is 30.6 Å². The fourth-order valence-electron chi connectivity index (χ4n) is 6.15. The number of aromatic amines is 2. The molecular weight excluding hydrogens is 945 g/mol. The third kappa shape index (κ3) is 13.9. The lowest BCUT2D eigenvalue weighted by atomic mass is 10.1. The minimum Gasteiger partial charge on any atom is -0.337 e. The monoisotopic (exact) mass is 990 g/mol. The summed E-state index contributed by atoms with van der Waals surface area (Å²) >= 11 is 13.2. The molecule has 0 spiro atoms. The van der Waals surface area contributed by atoms with Crippen LogP contribution in [0.2, 0.25) is 0 Å². The molecule has 21 heteroatoms. The summed E-state index contributed by atoms with van der Waals surface area (Å²) in [5.74, 6) is -0.624. The second-order valence-electron chi connectivity index (χ2n) is 14.3. The number of nitriles is 2. The number of H-pyrrole nitrogens is 2. The lowest BCUT2D eigenvalue weighted by molar-refractivity contribution is -0.118. The van der Waals surface area contributed by atoms with Crippen LogP contribution in [0.5, 0.6) is 0 Å². The van der Waals surface area contributed by atoms with Crippen LogP contribution < -0.4 is 19.2 Å². The quantitative estimate of drug-likeness (QED) is 0.0348. The zero-order valence-electron chi connectivity index (χ0n) is 36.1. The summed E-state index contributed by atoms with van der Waals surface area (Å²) in [5.41, 5.74) is 4.28. The van der Waals surface area contributed by atoms with Crippen LogP contribution in [0.4, 0.5) is 11.4 Å². The first-order valence-corrected chi connectivity index (χ1v) is 25.2. The van der Waals surface area contributed by atoms with E-state index in [0.29, 0.717) is 37.6 Å². The predicted molar refractivity (Wildman–Crippen MR) is 263 cm³/mol. The van der Waals surface area contributed by atoms with Gasteiger partial charge in [-0.15, -0.1) is 22.7 Å². The molecule has 0 atom stereocenters. The molecule has 0 aliphatic carbocycles. The number of hydrogen-bond donors (Lipinski definition) is 4. The Kier molecular flexibility index (Phi) is 18.7. The van der Waals surface area contributed by atoms with Crippen molar-refractivity contribution in [1.29, 1.82) is 10.5 Å². The van der Waals surface area contributed by atoms with Gasteiger partial charge in [0.05, 0.1) is 36.3 Å². The van der Waals surface area contributed by atoms with Gasteiger partial charge in [0.25, 0.3) is 5.91 Å². The van der Waals surface area contributed by atoms with E-state index in [-0.39, 0.29) is 46.3 Å². The standard InChI is InChI=1S/C22H22N4O3S3.C13H13N3OS2.C9H11NO3S/c1-4-24-32(28,29)18-8-5-15(6-9-18)11-16(13-23)21(27)26(14(2)3)17-7-10-19-20(12-17)31-22(30)25-19;1-8(2)16(12(17)5-6-14)9-3-4-10-11(7-9)19-13(18)15-10;1-2-10-14(12,13)9-5-3-8(7-11)4-6-9/h5-12,14,24H,4H2,1-3H3,(H,25,30);3-4,7-8H,5H2,1-2H3,(H,15,18);3-7,10H,2H2,1H3/b16-11+;;. The van der Waals surface area contributed by atoms with Crippen molar-refractivity contribution >= 4 is 123 Å². The van der Waals surface area contributed by atoms with E-state index in [1.807, 2.05) is 76.2 Å². The third-order valence-electron chi connectivity index (χ3n) is 8.96. The molecule has 6 rings (SSSR count). The highest BCUT2D eigenvalue weighted by Gasteiger charge is 2.24. The molecular formula is C44H46N8O7S6. The number of aromatic nitrogens is 2. The summed E-state index contributed by atoms with van der Waals surface area (Å²) in [5, 5.41) is 18.4. The van der Waals surface area contributed by atoms with Crippen LogP contribution in [-0.4, -0.2) is 70.1 Å². The molecule has 340 valence electrons. The molecule has 15 nitrogen and oxygen atoms in total. The van der Waals surface area contributed by atoms with E-state index in [9.17, 15) is 36.5 Å². The average molecular weight is 991 g/mol. The molecule has 0 aliphatic rings. The molecule has 2 amide bonds. The van der Waals surface area contributed by atoms with Crippen molar-refractivity contribution in [3.63, 3.8) is 0 Å². The maximum absolute atomic E-state index is 13.3. The van der Waals surface area contributed by atoms with Gasteiger partial charge < -0.3 is 19.8 Å². The van der Waals surface area contributed by atoms with E-state index < -0.39 is 26.0 Å². The second kappa shape index (κ2) is 23.4. The fraction of sp³-hybridized carbons (Fsp3) is 0.250. The lowest BCUT2D eigenvalue weighted by Gasteiger charge is -2.26. The first-order valence-electron chi connectivity index (χ1n) is 19.8. The maximum atomic E-state index is 13.3. The van der Waals surface area contributed by atoms with Crippen molar-refractivity contribution in [1.82, 2.24) is 19.4 Å². The van der Waals surface area contributed by atoms with Gasteiger partial charge in [0, 0.05) is 42.1 Å². The molecule has 0 bridgehead atoms. The van der Waals surface area contributed by atoms with E-state index in [4.69, 9.17) is 29.7 Å². The number of thiazole rings is 2. The molecule has 2 aromatic heterocycles. The molecule has 0 radical (unpaired) electrons. The summed E-state index contributed by atoms with van der Waals surface area (Å²) in [6, 6.07) is 26.7. The van der Waals surface area contributed by atoms with Crippen LogP contribution in [0.3, 0.4) is 0 Å². The molecule has 2 heterocycles. The van der Waals surface area contributed by atoms with Gasteiger partial charge in [-0.3, -0.25) is 14.4 Å². The SMILES string of the molecule is CC(C)N(C(=O)CC#N)c1ccc2[nH]c(=S)sc2c1.CCNS(=O)(=O)c1ccc(/C=C(\C#N)C(=O)N(c2ccc3[nH]c(=S)sc3c2)C(C)C)cc1.CCNS(=O)(=O)c1ccc(C=O)cc1. The molecule has 0 saturated heterocycles. The summed E-state index contributed by atoms with van der Waals surface area (Å²) < 4.78 is 55.1. The number of sulfonamides is 2. The van der Waals surface area contributed by atoms with Crippen molar-refractivity contribution in [2.24, 2.45) is 0 Å². The molecule has 4 N–H and O–H groups in total. The van der Waals surface area contributed by atoms with Gasteiger partial charge in [0.2, 0.25) is 26.0 Å². The van der Waals surface area contributed by atoms with Gasteiger partial charge in [0.1, 0.15) is 24.3 Å². The van der Waals surface area contributed by atoms with Crippen molar-refractivity contribution in [3.8, 4) is 12.1 Å². The Hall–Kier alpha value is -5.75. The number of nitrogens with one attached hydrogen (secondary N) is 4. The number of anilines is 2. The van der Waals surface area contributed by atoms with Gasteiger partial charge in [-0.25, -0.2) is 26.3 Å². The van der Waals surface area contributed by atoms with Crippen LogP contribution in [0.15, 0.2) is 100 Å². The largest absolute Gasteiger partial charge is 0.337 e. The lowest BCUT2D eigenvalue weighted by Crippen LogP contribution is -2.37. The number of fused-ring (bicyclic) bond motifs is 2. The normalized spacial score (nSPS) is 11.5. The molecule has 0 unspecified atom stereocenters. The van der Waals surface area contributed by atoms with E-state index in [1.54, 1.807) is 35.8 Å². The van der Waals surface area contributed by atoms with Crippen LogP contribution in [0.25, 0.3) is 26.5 Å². The van der Waals surface area contributed by atoms with E-state index in [0.717, 1.165) is 26.1 Å². The van der Waals surface area contributed by atoms with Crippen molar-refractivity contribution in [2.75, 3.05) is 22.9 Å². The molecule has 4 aromatic carbocycles. The number of rotatable bonds is 14. The van der Waals surface area contributed by atoms with Gasteiger partial charge in [-0.05, 0) is 124 Å². The Labute approximate surface area is 396 Å². The zero-order valence-corrected chi connectivity index (χ0v) is 41.0. The number of nitrogens with zero attached hydrogens (tertiary/aromatic N) is 4. The predicted octanol–water partition coefficient (Wildman–Crippen LogP) is 9.02. The third-order valence-corrected chi connectivity index (χ3v) is 14.5. The summed E-state index contributed by atoms with van der Waals surface area (Å²) in [6.07, 6.45) is 2.02. The Balaban J connectivity index is 0.000000237.